The molecule has 1 rings (SSSR count). The van der Waals surface area contributed by atoms with E-state index in [1.54, 1.807) is 0 Å². The summed E-state index contributed by atoms with van der Waals surface area (Å²) < 4.78 is 5.06. The predicted molar refractivity (Wildman–Crippen MR) is 28.0 cm³/mol. The van der Waals surface area contributed by atoms with Crippen LogP contribution in [-0.4, -0.2) is 19.3 Å². The number of ether oxygens (including phenoxy) is 1. The summed E-state index contributed by atoms with van der Waals surface area (Å²) in [7, 11) is 0. The molecule has 0 aromatic rings. The molecule has 57 valence electrons. The van der Waals surface area contributed by atoms with Crippen LogP contribution in [0.3, 0.4) is 0 Å². The topological polar surface area (TPSA) is 35.2 Å². The Labute approximate surface area is 201 Å². The van der Waals surface area contributed by atoms with Crippen molar-refractivity contribution >= 4 is 0 Å². The van der Waals surface area contributed by atoms with Gasteiger partial charge in [0, 0.05) is 183 Å². The van der Waals surface area contributed by atoms with E-state index in [0.29, 0.717) is 6.04 Å². The van der Waals surface area contributed by atoms with Gasteiger partial charge in [0.25, 0.3) is 0 Å². The van der Waals surface area contributed by atoms with E-state index in [-0.39, 0.29) is 164 Å². The van der Waals surface area contributed by atoms with Crippen LogP contribution in [0.1, 0.15) is 12.8 Å². The third kappa shape index (κ3) is 17.8. The van der Waals surface area contributed by atoms with Crippen molar-refractivity contribution in [2.75, 3.05) is 13.2 Å². The minimum absolute atomic E-state index is 0. The number of hydrogen-bond acceptors (Lipinski definition) is 2. The molecule has 0 amide bonds. The van der Waals surface area contributed by atoms with Gasteiger partial charge in [-0.05, 0) is 12.8 Å². The zero-order valence-electron chi connectivity index (χ0n) is 7.28. The normalized spacial score (nSPS) is 14.8. The summed E-state index contributed by atoms with van der Waals surface area (Å²) in [6, 6.07) is 0.411. The van der Waals surface area contributed by atoms with E-state index in [1.807, 2.05) is 0 Å². The van der Waals surface area contributed by atoms with Crippen LogP contribution in [0.25, 0.3) is 0 Å². The second-order valence-corrected chi connectivity index (χ2v) is 1.95. The van der Waals surface area contributed by atoms with Crippen molar-refractivity contribution in [2.45, 2.75) is 18.9 Å². The third-order valence-electron chi connectivity index (χ3n) is 1.27. The first kappa shape index (κ1) is 30.5. The molecule has 5 radical (unpaired) electrons. The van der Waals surface area contributed by atoms with Crippen LogP contribution in [0.5, 0.6) is 0 Å². The molecule has 0 aliphatic carbocycles. The molecular weight excluding hydrogens is 535 g/mol. The molecule has 1 aliphatic heterocycles. The van der Waals surface area contributed by atoms with Crippen molar-refractivity contribution in [3.63, 3.8) is 0 Å². The molecule has 1 saturated heterocycles. The van der Waals surface area contributed by atoms with Gasteiger partial charge in [-0.3, -0.25) is 0 Å². The molecule has 0 saturated carbocycles. The smallest absolute Gasteiger partial charge is 0.0480 e. The molecule has 0 aromatic carbocycles. The Hall–Kier alpha value is 5.44. The molecule has 0 atom stereocenters. The first-order chi connectivity index (χ1) is 3.39. The Morgan fingerprint density at radius 1 is 0.833 bits per heavy atom. The van der Waals surface area contributed by atoms with Crippen molar-refractivity contribution in [1.29, 1.82) is 0 Å². The largest absolute Gasteiger partial charge is 0.381 e. The van der Waals surface area contributed by atoms with E-state index in [1.165, 1.54) is 0 Å². The molecule has 0 unspecified atom stereocenters. The predicted octanol–water partition coefficient (Wildman–Crippen LogP) is 0.112. The molecule has 2 nitrogen and oxygen atoms in total. The van der Waals surface area contributed by atoms with Crippen molar-refractivity contribution < 1.29 is 168 Å². The maximum Gasteiger partial charge on any atom is 0.0480 e. The van der Waals surface area contributed by atoms with E-state index in [9.17, 15) is 0 Å². The van der Waals surface area contributed by atoms with Gasteiger partial charge in [-0.1, -0.05) is 0 Å². The van der Waals surface area contributed by atoms with Crippen molar-refractivity contribution in [1.82, 2.24) is 0 Å². The molecule has 0 bridgehead atoms. The summed E-state index contributed by atoms with van der Waals surface area (Å²) >= 11 is 0. The Kier molecular flexibility index (Phi) is 55.1. The van der Waals surface area contributed by atoms with Crippen molar-refractivity contribution in [2.24, 2.45) is 5.73 Å². The van der Waals surface area contributed by atoms with Crippen LogP contribution in [0.15, 0.2) is 0 Å². The Morgan fingerprint density at radius 2 is 1.17 bits per heavy atom. The number of rotatable bonds is 0. The van der Waals surface area contributed by atoms with Crippen LogP contribution in [0.4, 0.5) is 0 Å². The van der Waals surface area contributed by atoms with Gasteiger partial charge in [0.05, 0.1) is 0 Å². The molecular formula is C5H11NOY5. The van der Waals surface area contributed by atoms with Crippen LogP contribution < -0.4 is 5.73 Å². The quantitative estimate of drug-likeness (QED) is 0.469. The zero-order chi connectivity index (χ0) is 5.11. The van der Waals surface area contributed by atoms with Crippen LogP contribution >= 0.6 is 0 Å². The minimum Gasteiger partial charge on any atom is -0.381 e. The van der Waals surface area contributed by atoms with Gasteiger partial charge in [0.15, 0.2) is 0 Å². The fourth-order valence-corrected chi connectivity index (χ4v) is 0.716. The average Bonchev–Trinajstić information content (AvgIpc) is 1.69. The Balaban J connectivity index is -0.0000000327. The first-order valence-electron chi connectivity index (χ1n) is 2.73. The van der Waals surface area contributed by atoms with E-state index in [0.717, 1.165) is 26.1 Å². The molecule has 12 heavy (non-hydrogen) atoms. The molecule has 2 N–H and O–H groups in total. The van der Waals surface area contributed by atoms with Gasteiger partial charge < -0.3 is 10.5 Å². The van der Waals surface area contributed by atoms with Crippen molar-refractivity contribution in [3.05, 3.63) is 0 Å². The maximum absolute atomic E-state index is 5.55. The SMILES string of the molecule is NC1CCOCC1.[Y].[Y].[Y].[Y].[Y]. The van der Waals surface area contributed by atoms with Gasteiger partial charge in [-0.15, -0.1) is 0 Å². The van der Waals surface area contributed by atoms with Gasteiger partial charge in [0.1, 0.15) is 0 Å². The minimum atomic E-state index is 0. The van der Waals surface area contributed by atoms with Gasteiger partial charge >= 0.3 is 0 Å². The summed E-state index contributed by atoms with van der Waals surface area (Å²) in [6.45, 7) is 1.72. The maximum atomic E-state index is 5.55. The first-order valence-corrected chi connectivity index (χ1v) is 2.73. The standard InChI is InChI=1S/C5H11NO.5Y/c6-5-1-3-7-4-2-5;;;;;/h5H,1-4,6H2;;;;;. The van der Waals surface area contributed by atoms with Gasteiger partial charge in [-0.2, -0.15) is 0 Å². The number of hydrogen-bond donors (Lipinski definition) is 1. The fraction of sp³-hybridized carbons (Fsp3) is 1.00. The van der Waals surface area contributed by atoms with E-state index >= 15 is 0 Å². The van der Waals surface area contributed by atoms with E-state index < -0.39 is 0 Å². The van der Waals surface area contributed by atoms with Crippen LogP contribution in [0.2, 0.25) is 0 Å². The van der Waals surface area contributed by atoms with E-state index in [4.69, 9.17) is 10.5 Å². The van der Waals surface area contributed by atoms with Gasteiger partial charge in [0.2, 0.25) is 0 Å². The summed E-state index contributed by atoms with van der Waals surface area (Å²) in [6.07, 6.45) is 2.08. The fourth-order valence-electron chi connectivity index (χ4n) is 0.716. The molecule has 7 heteroatoms. The monoisotopic (exact) mass is 546 g/mol. The second-order valence-electron chi connectivity index (χ2n) is 1.95. The van der Waals surface area contributed by atoms with E-state index in [2.05, 4.69) is 0 Å². The molecule has 1 aliphatic rings. The summed E-state index contributed by atoms with van der Waals surface area (Å²) in [5, 5.41) is 0. The summed E-state index contributed by atoms with van der Waals surface area (Å²) in [5.74, 6) is 0. The summed E-state index contributed by atoms with van der Waals surface area (Å²) in [4.78, 5) is 0. The van der Waals surface area contributed by atoms with Crippen LogP contribution in [0, 0.1) is 0 Å². The summed E-state index contributed by atoms with van der Waals surface area (Å²) in [5.41, 5.74) is 5.55. The van der Waals surface area contributed by atoms with Crippen LogP contribution in [-0.2, 0) is 168 Å². The van der Waals surface area contributed by atoms with Gasteiger partial charge in [-0.25, -0.2) is 0 Å². The van der Waals surface area contributed by atoms with Crippen molar-refractivity contribution in [3.8, 4) is 0 Å². The molecule has 0 spiro atoms. The number of nitrogens with two attached hydrogens (primary N) is 1. The Bertz CT molecular complexity index is 61.8. The third-order valence-corrected chi connectivity index (χ3v) is 1.27. The molecule has 1 heterocycles. The molecule has 1 fully saturated rings. The molecule has 0 aromatic heterocycles. The Morgan fingerprint density at radius 3 is 1.33 bits per heavy atom. The second kappa shape index (κ2) is 21.7. The average molecular weight is 546 g/mol. The zero-order valence-corrected chi connectivity index (χ0v) is 21.5.